The summed E-state index contributed by atoms with van der Waals surface area (Å²) in [6.45, 7) is 3.99. The van der Waals surface area contributed by atoms with E-state index in [9.17, 15) is 0 Å². The molecule has 1 aromatic carbocycles. The van der Waals surface area contributed by atoms with Crippen LogP contribution in [0.2, 0.25) is 0 Å². The largest absolute Gasteiger partial charge is 0.427 e. The summed E-state index contributed by atoms with van der Waals surface area (Å²) in [6, 6.07) is 9.91. The van der Waals surface area contributed by atoms with E-state index in [1.165, 1.54) is 0 Å². The van der Waals surface area contributed by atoms with E-state index in [0.717, 1.165) is 5.56 Å². The third-order valence-corrected chi connectivity index (χ3v) is 2.35. The van der Waals surface area contributed by atoms with Gasteiger partial charge in [-0.05, 0) is 19.4 Å². The molecular formula is C11H12N2O. The van der Waals surface area contributed by atoms with Crippen molar-refractivity contribution in [3.8, 4) is 0 Å². The van der Waals surface area contributed by atoms with E-state index in [-0.39, 0.29) is 11.8 Å². The molecule has 0 aliphatic heterocycles. The molecule has 0 aliphatic rings. The van der Waals surface area contributed by atoms with Gasteiger partial charge in [-0.1, -0.05) is 30.3 Å². The van der Waals surface area contributed by atoms with Crippen LogP contribution in [-0.2, 0) is 5.41 Å². The smallest absolute Gasteiger partial charge is 0.226 e. The van der Waals surface area contributed by atoms with Gasteiger partial charge in [-0.2, -0.15) is 0 Å². The lowest BCUT2D eigenvalue weighted by molar-refractivity contribution is 0.412. The summed E-state index contributed by atoms with van der Waals surface area (Å²) in [4.78, 5) is 0. The van der Waals surface area contributed by atoms with E-state index in [0.29, 0.717) is 5.89 Å². The second kappa shape index (κ2) is 3.25. The van der Waals surface area contributed by atoms with Crippen LogP contribution in [0.4, 0.5) is 0 Å². The van der Waals surface area contributed by atoms with Crippen LogP contribution in [0.5, 0.6) is 0 Å². The first-order chi connectivity index (χ1) is 7.10. The number of benzene rings is 1. The zero-order valence-electron chi connectivity index (χ0n) is 9.19. The van der Waals surface area contributed by atoms with E-state index in [4.69, 9.17) is 5.79 Å². The molecule has 14 heavy (non-hydrogen) atoms. The van der Waals surface area contributed by atoms with Gasteiger partial charge in [-0.25, -0.2) is 0 Å². The average molecular weight is 189 g/mol. The average Bonchev–Trinajstić information content (AvgIpc) is 2.67. The van der Waals surface area contributed by atoms with Crippen LogP contribution in [0.25, 0.3) is 0 Å². The highest BCUT2D eigenvalue weighted by molar-refractivity contribution is 5.28. The van der Waals surface area contributed by atoms with Gasteiger partial charge in [0.1, 0.15) is 1.37 Å². The molecule has 1 aromatic heterocycles. The van der Waals surface area contributed by atoms with Gasteiger partial charge in [0, 0.05) is 0 Å². The Bertz CT molecular complexity index is 451. The maximum atomic E-state index is 7.22. The predicted molar refractivity (Wildman–Crippen MR) is 52.9 cm³/mol. The summed E-state index contributed by atoms with van der Waals surface area (Å²) in [6.07, 6.45) is -0.144. The third kappa shape index (κ3) is 1.41. The van der Waals surface area contributed by atoms with Gasteiger partial charge in [0.15, 0.2) is 0 Å². The normalized spacial score (nSPS) is 12.6. The van der Waals surface area contributed by atoms with E-state index in [1.54, 1.807) is 0 Å². The Hall–Kier alpha value is -1.64. The molecule has 0 unspecified atom stereocenters. The van der Waals surface area contributed by atoms with Crippen molar-refractivity contribution in [2.24, 2.45) is 0 Å². The van der Waals surface area contributed by atoms with E-state index >= 15 is 0 Å². The Balaban J connectivity index is 2.43. The zero-order valence-corrected chi connectivity index (χ0v) is 8.19. The summed E-state index contributed by atoms with van der Waals surface area (Å²) >= 11 is 0. The van der Waals surface area contributed by atoms with Crippen molar-refractivity contribution < 1.29 is 5.79 Å². The Morgan fingerprint density at radius 3 is 2.57 bits per heavy atom. The Kier molecular flexibility index (Phi) is 1.80. The quantitative estimate of drug-likeness (QED) is 0.728. The molecule has 3 heteroatoms. The van der Waals surface area contributed by atoms with Crippen molar-refractivity contribution in [3.63, 3.8) is 0 Å². The molecule has 0 bridgehead atoms. The van der Waals surface area contributed by atoms with Crippen molar-refractivity contribution in [2.45, 2.75) is 19.3 Å². The molecule has 0 radical (unpaired) electrons. The topological polar surface area (TPSA) is 38.9 Å². The molecule has 3 nitrogen and oxygen atoms in total. The van der Waals surface area contributed by atoms with Crippen molar-refractivity contribution in [3.05, 3.63) is 48.2 Å². The van der Waals surface area contributed by atoms with Crippen LogP contribution in [-0.4, -0.2) is 10.2 Å². The van der Waals surface area contributed by atoms with Crippen molar-refractivity contribution in [1.29, 1.82) is 0 Å². The first kappa shape index (κ1) is 7.74. The van der Waals surface area contributed by atoms with Gasteiger partial charge in [0.2, 0.25) is 12.3 Å². The van der Waals surface area contributed by atoms with Gasteiger partial charge in [0.25, 0.3) is 0 Å². The summed E-state index contributed by atoms with van der Waals surface area (Å²) in [5, 5.41) is 7.42. The monoisotopic (exact) mass is 189 g/mol. The minimum Gasteiger partial charge on any atom is -0.427 e. The second-order valence-electron chi connectivity index (χ2n) is 3.69. The lowest BCUT2D eigenvalue weighted by Gasteiger charge is -2.20. The SMILES string of the molecule is [2H]c1nnc(C(C)(C)c2ccccc2)o1. The maximum Gasteiger partial charge on any atom is 0.226 e. The third-order valence-electron chi connectivity index (χ3n) is 2.35. The highest BCUT2D eigenvalue weighted by atomic mass is 16.4. The van der Waals surface area contributed by atoms with Gasteiger partial charge in [0.05, 0.1) is 5.41 Å². The molecule has 2 rings (SSSR count). The molecule has 0 aliphatic carbocycles. The second-order valence-corrected chi connectivity index (χ2v) is 3.69. The van der Waals surface area contributed by atoms with E-state index < -0.39 is 0 Å². The lowest BCUT2D eigenvalue weighted by Crippen LogP contribution is -2.19. The molecule has 0 spiro atoms. The lowest BCUT2D eigenvalue weighted by atomic mass is 9.85. The first-order valence-corrected chi connectivity index (χ1v) is 4.47. The molecule has 2 aromatic rings. The molecule has 0 amide bonds. The van der Waals surface area contributed by atoms with Crippen LogP contribution in [0.15, 0.2) is 41.1 Å². The summed E-state index contributed by atoms with van der Waals surface area (Å²) in [5.74, 6) is 0.471. The predicted octanol–water partition coefficient (Wildman–Crippen LogP) is 2.40. The number of aromatic nitrogens is 2. The molecular weight excluding hydrogens is 176 g/mol. The number of nitrogens with zero attached hydrogens (tertiary/aromatic N) is 2. The van der Waals surface area contributed by atoms with Crippen LogP contribution < -0.4 is 0 Å². The number of rotatable bonds is 2. The van der Waals surface area contributed by atoms with Crippen LogP contribution >= 0.6 is 0 Å². The Labute approximate surface area is 84.2 Å². The van der Waals surface area contributed by atoms with Crippen LogP contribution in [0.1, 0.15) is 26.7 Å². The molecule has 0 saturated heterocycles. The summed E-state index contributed by atoms with van der Waals surface area (Å²) in [5.41, 5.74) is 0.738. The Morgan fingerprint density at radius 2 is 2.00 bits per heavy atom. The zero-order chi connectivity index (χ0) is 10.9. The van der Waals surface area contributed by atoms with E-state index in [1.807, 2.05) is 44.2 Å². The van der Waals surface area contributed by atoms with Crippen LogP contribution in [0, 0.1) is 0 Å². The fourth-order valence-electron chi connectivity index (χ4n) is 1.38. The first-order valence-electron chi connectivity index (χ1n) is 4.97. The van der Waals surface area contributed by atoms with Gasteiger partial charge >= 0.3 is 0 Å². The highest BCUT2D eigenvalue weighted by Gasteiger charge is 2.27. The molecule has 0 atom stereocenters. The van der Waals surface area contributed by atoms with E-state index in [2.05, 4.69) is 10.2 Å². The molecule has 0 fully saturated rings. The Morgan fingerprint density at radius 1 is 1.29 bits per heavy atom. The summed E-state index contributed by atoms with van der Waals surface area (Å²) < 4.78 is 12.4. The standard InChI is InChI=1S/C11H12N2O/c1-11(2,10-13-12-8-14-10)9-6-4-3-5-7-9/h3-8H,1-2H3/i8D. The van der Waals surface area contributed by atoms with Crippen molar-refractivity contribution in [1.82, 2.24) is 10.2 Å². The fourth-order valence-corrected chi connectivity index (χ4v) is 1.38. The molecule has 72 valence electrons. The van der Waals surface area contributed by atoms with Gasteiger partial charge < -0.3 is 4.42 Å². The molecule has 1 heterocycles. The number of hydrogen-bond acceptors (Lipinski definition) is 3. The van der Waals surface area contributed by atoms with Gasteiger partial charge in [-0.15, -0.1) is 10.2 Å². The minimum absolute atomic E-state index is 0.144. The van der Waals surface area contributed by atoms with Gasteiger partial charge in [-0.3, -0.25) is 0 Å². The van der Waals surface area contributed by atoms with Crippen molar-refractivity contribution in [2.75, 3.05) is 0 Å². The highest BCUT2D eigenvalue weighted by Crippen LogP contribution is 2.29. The fraction of sp³-hybridized carbons (Fsp3) is 0.273. The summed E-state index contributed by atoms with van der Waals surface area (Å²) in [7, 11) is 0. The molecule has 0 saturated carbocycles. The molecule has 0 N–H and O–H groups in total. The van der Waals surface area contributed by atoms with Crippen LogP contribution in [0.3, 0.4) is 0 Å². The minimum atomic E-state index is -0.354. The maximum absolute atomic E-state index is 7.22. The van der Waals surface area contributed by atoms with Crippen molar-refractivity contribution >= 4 is 0 Å². The number of hydrogen-bond donors (Lipinski definition) is 0.